The summed E-state index contributed by atoms with van der Waals surface area (Å²) in [7, 11) is 0. The zero-order valence-electron chi connectivity index (χ0n) is 16.1. The largest absolute Gasteiger partial charge is 0.368 e. The van der Waals surface area contributed by atoms with E-state index in [0.29, 0.717) is 13.2 Å². The molecule has 2 fully saturated rings. The number of hydrogen-bond acceptors (Lipinski definition) is 5. The molecule has 3 rings (SSSR count). The van der Waals surface area contributed by atoms with E-state index < -0.39 is 0 Å². The van der Waals surface area contributed by atoms with E-state index >= 15 is 0 Å². The van der Waals surface area contributed by atoms with Crippen molar-refractivity contribution in [2.45, 2.75) is 45.8 Å². The number of piperazine rings is 1. The van der Waals surface area contributed by atoms with Gasteiger partial charge in [-0.05, 0) is 26.2 Å². The molecule has 27 heavy (non-hydrogen) atoms. The molecule has 2 aliphatic heterocycles. The molecular formula is C18H30IN5O2S. The van der Waals surface area contributed by atoms with Crippen LogP contribution in [-0.2, 0) is 22.5 Å². The topological polar surface area (TPSA) is 70.1 Å². The van der Waals surface area contributed by atoms with Crippen LogP contribution in [-0.4, -0.2) is 72.1 Å². The summed E-state index contributed by atoms with van der Waals surface area (Å²) in [6, 6.07) is 0. The maximum absolute atomic E-state index is 12.5. The average molecular weight is 507 g/mol. The average Bonchev–Trinajstić information content (AvgIpc) is 3.36. The lowest BCUT2D eigenvalue weighted by atomic mass is 10.2. The number of halogens is 1. The Hall–Kier alpha value is -0.940. The molecule has 0 bridgehead atoms. The molecule has 9 heteroatoms. The Morgan fingerprint density at radius 3 is 2.67 bits per heavy atom. The molecule has 0 spiro atoms. The number of ether oxygens (including phenoxy) is 1. The van der Waals surface area contributed by atoms with Crippen molar-refractivity contribution in [1.82, 2.24) is 20.1 Å². The van der Waals surface area contributed by atoms with Gasteiger partial charge in [-0.25, -0.2) is 9.98 Å². The van der Waals surface area contributed by atoms with Gasteiger partial charge in [-0.1, -0.05) is 6.92 Å². The predicted octanol–water partition coefficient (Wildman–Crippen LogP) is 2.11. The Morgan fingerprint density at radius 2 is 2.07 bits per heavy atom. The molecule has 0 aliphatic carbocycles. The minimum absolute atomic E-state index is 0. The number of amides is 1. The summed E-state index contributed by atoms with van der Waals surface area (Å²) in [5, 5.41) is 4.41. The Bertz CT molecular complexity index is 625. The number of carbonyl (C=O) groups is 1. The van der Waals surface area contributed by atoms with E-state index in [4.69, 9.17) is 9.73 Å². The van der Waals surface area contributed by atoms with Gasteiger partial charge in [-0.3, -0.25) is 4.79 Å². The molecule has 1 unspecified atom stereocenters. The van der Waals surface area contributed by atoms with Crippen molar-refractivity contribution in [1.29, 1.82) is 0 Å². The van der Waals surface area contributed by atoms with Crippen LogP contribution in [0.25, 0.3) is 0 Å². The van der Waals surface area contributed by atoms with Crippen molar-refractivity contribution in [3.05, 3.63) is 16.1 Å². The SMILES string of the molecule is CCNC(=NCc1ncc(CC)s1)N1CCN(C(=O)C2CCCO2)CC1.I. The number of rotatable bonds is 5. The van der Waals surface area contributed by atoms with Crippen LogP contribution in [0.1, 0.15) is 36.6 Å². The number of aromatic nitrogens is 1. The zero-order valence-corrected chi connectivity index (χ0v) is 19.3. The van der Waals surface area contributed by atoms with Crippen molar-refractivity contribution in [2.24, 2.45) is 4.99 Å². The third kappa shape index (κ3) is 6.02. The molecule has 3 heterocycles. The van der Waals surface area contributed by atoms with E-state index in [1.54, 1.807) is 11.3 Å². The lowest BCUT2D eigenvalue weighted by Crippen LogP contribution is -2.55. The molecule has 0 saturated carbocycles. The monoisotopic (exact) mass is 507 g/mol. The van der Waals surface area contributed by atoms with E-state index in [2.05, 4.69) is 29.0 Å². The fraction of sp³-hybridized carbons (Fsp3) is 0.722. The number of aryl methyl sites for hydroxylation is 1. The third-order valence-corrected chi connectivity index (χ3v) is 5.87. The first kappa shape index (κ1) is 22.4. The highest BCUT2D eigenvalue weighted by atomic mass is 127. The molecule has 2 aliphatic rings. The Labute approximate surface area is 182 Å². The van der Waals surface area contributed by atoms with Gasteiger partial charge in [-0.15, -0.1) is 35.3 Å². The summed E-state index contributed by atoms with van der Waals surface area (Å²) in [5.41, 5.74) is 0. The van der Waals surface area contributed by atoms with Crippen LogP contribution in [0.5, 0.6) is 0 Å². The Kier molecular flexibility index (Phi) is 9.24. The van der Waals surface area contributed by atoms with Crippen LogP contribution >= 0.6 is 35.3 Å². The molecule has 0 aromatic carbocycles. The summed E-state index contributed by atoms with van der Waals surface area (Å²) < 4.78 is 5.53. The normalized spacial score (nSPS) is 20.5. The molecule has 2 saturated heterocycles. The fourth-order valence-electron chi connectivity index (χ4n) is 3.27. The van der Waals surface area contributed by atoms with Gasteiger partial charge in [0, 0.05) is 50.4 Å². The van der Waals surface area contributed by atoms with Crippen molar-refractivity contribution < 1.29 is 9.53 Å². The fourth-order valence-corrected chi connectivity index (χ4v) is 4.05. The van der Waals surface area contributed by atoms with Crippen LogP contribution in [0.15, 0.2) is 11.2 Å². The molecule has 152 valence electrons. The number of hydrogen-bond donors (Lipinski definition) is 1. The van der Waals surface area contributed by atoms with Gasteiger partial charge < -0.3 is 19.9 Å². The van der Waals surface area contributed by atoms with Crippen molar-refractivity contribution in [3.63, 3.8) is 0 Å². The highest BCUT2D eigenvalue weighted by Gasteiger charge is 2.30. The minimum Gasteiger partial charge on any atom is -0.368 e. The van der Waals surface area contributed by atoms with Gasteiger partial charge in [-0.2, -0.15) is 0 Å². The maximum atomic E-state index is 12.5. The standard InChI is InChI=1S/C18H29N5O2S.HI/c1-3-14-12-20-16(26-14)13-21-18(19-4-2)23-9-7-22(8-10-23)17(24)15-6-5-11-25-15;/h12,15H,3-11,13H2,1-2H3,(H,19,21);1H. The van der Waals surface area contributed by atoms with E-state index in [9.17, 15) is 4.79 Å². The molecule has 7 nitrogen and oxygen atoms in total. The second kappa shape index (κ2) is 11.2. The van der Waals surface area contributed by atoms with E-state index in [1.165, 1.54) is 4.88 Å². The van der Waals surface area contributed by atoms with Gasteiger partial charge in [0.05, 0.1) is 6.54 Å². The van der Waals surface area contributed by atoms with Crippen LogP contribution in [0.4, 0.5) is 0 Å². The minimum atomic E-state index is -0.221. The molecule has 1 N–H and O–H groups in total. The summed E-state index contributed by atoms with van der Waals surface area (Å²) in [6.07, 6.45) is 4.59. The maximum Gasteiger partial charge on any atom is 0.251 e. The molecular weight excluding hydrogens is 477 g/mol. The van der Waals surface area contributed by atoms with Crippen LogP contribution in [0, 0.1) is 0 Å². The highest BCUT2D eigenvalue weighted by Crippen LogP contribution is 2.17. The van der Waals surface area contributed by atoms with Gasteiger partial charge in [0.1, 0.15) is 11.1 Å². The number of carbonyl (C=O) groups excluding carboxylic acids is 1. The first-order valence-corrected chi connectivity index (χ1v) is 10.4. The lowest BCUT2D eigenvalue weighted by Gasteiger charge is -2.37. The molecule has 1 amide bonds. The number of nitrogens with zero attached hydrogens (tertiary/aromatic N) is 4. The van der Waals surface area contributed by atoms with Gasteiger partial charge in [0.2, 0.25) is 0 Å². The van der Waals surface area contributed by atoms with Crippen LogP contribution in [0.2, 0.25) is 0 Å². The van der Waals surface area contributed by atoms with E-state index in [-0.39, 0.29) is 36.0 Å². The number of aliphatic imine (C=N–C) groups is 1. The van der Waals surface area contributed by atoms with Crippen LogP contribution in [0.3, 0.4) is 0 Å². The Balaban J connectivity index is 0.00000261. The second-order valence-electron chi connectivity index (χ2n) is 6.56. The van der Waals surface area contributed by atoms with Crippen LogP contribution < -0.4 is 5.32 Å². The number of guanidine groups is 1. The summed E-state index contributed by atoms with van der Waals surface area (Å²) in [6.45, 7) is 9.39. The van der Waals surface area contributed by atoms with Crippen molar-refractivity contribution in [2.75, 3.05) is 39.3 Å². The summed E-state index contributed by atoms with van der Waals surface area (Å²) >= 11 is 1.73. The van der Waals surface area contributed by atoms with Crippen molar-refractivity contribution >= 4 is 47.2 Å². The van der Waals surface area contributed by atoms with E-state index in [0.717, 1.165) is 63.0 Å². The molecule has 1 atom stereocenters. The van der Waals surface area contributed by atoms with Crippen molar-refractivity contribution in [3.8, 4) is 0 Å². The first-order valence-electron chi connectivity index (χ1n) is 9.58. The lowest BCUT2D eigenvalue weighted by molar-refractivity contribution is -0.142. The number of thiazole rings is 1. The quantitative estimate of drug-likeness (QED) is 0.376. The zero-order chi connectivity index (χ0) is 18.4. The summed E-state index contributed by atoms with van der Waals surface area (Å²) in [5.74, 6) is 1.06. The molecule has 1 aromatic rings. The Morgan fingerprint density at radius 1 is 1.33 bits per heavy atom. The van der Waals surface area contributed by atoms with Gasteiger partial charge >= 0.3 is 0 Å². The second-order valence-corrected chi connectivity index (χ2v) is 7.76. The third-order valence-electron chi connectivity index (χ3n) is 4.74. The first-order chi connectivity index (χ1) is 12.7. The predicted molar refractivity (Wildman–Crippen MR) is 119 cm³/mol. The number of nitrogens with one attached hydrogen (secondary N) is 1. The summed E-state index contributed by atoms with van der Waals surface area (Å²) in [4.78, 5) is 27.1. The van der Waals surface area contributed by atoms with Gasteiger partial charge in [0.15, 0.2) is 5.96 Å². The molecule has 1 aromatic heterocycles. The highest BCUT2D eigenvalue weighted by molar-refractivity contribution is 14.0. The smallest absolute Gasteiger partial charge is 0.251 e. The van der Waals surface area contributed by atoms with E-state index in [1.807, 2.05) is 11.1 Å². The van der Waals surface area contributed by atoms with Gasteiger partial charge in [0.25, 0.3) is 5.91 Å². The molecule has 0 radical (unpaired) electrons.